The van der Waals surface area contributed by atoms with Gasteiger partial charge in [0.1, 0.15) is 5.75 Å². The van der Waals surface area contributed by atoms with Crippen LogP contribution < -0.4 is 10.5 Å². The van der Waals surface area contributed by atoms with Crippen LogP contribution in [0.3, 0.4) is 0 Å². The molecule has 1 unspecified atom stereocenters. The van der Waals surface area contributed by atoms with Crippen LogP contribution in [0.5, 0.6) is 5.75 Å². The molecule has 1 fully saturated rings. The quantitative estimate of drug-likeness (QED) is 0.742. The molecule has 0 aliphatic carbocycles. The topological polar surface area (TPSA) is 38.5 Å². The minimum absolute atomic E-state index is 0.266. The zero-order chi connectivity index (χ0) is 14.2. The van der Waals surface area contributed by atoms with Crippen molar-refractivity contribution in [3.63, 3.8) is 0 Å². The largest absolute Gasteiger partial charge is 0.494 e. The predicted molar refractivity (Wildman–Crippen MR) is 84.2 cm³/mol. The number of ether oxygens (including phenoxy) is 1. The van der Waals surface area contributed by atoms with E-state index in [0.29, 0.717) is 0 Å². The number of likely N-dealkylation sites (tertiary alicyclic amines) is 1. The molecule has 0 radical (unpaired) electrons. The van der Waals surface area contributed by atoms with Gasteiger partial charge in [0, 0.05) is 12.6 Å². The molecule has 1 saturated heterocycles. The Morgan fingerprint density at radius 1 is 1.20 bits per heavy atom. The fraction of sp³-hybridized carbons (Fsp3) is 0.647. The van der Waals surface area contributed by atoms with Crippen LogP contribution in [0.15, 0.2) is 24.3 Å². The van der Waals surface area contributed by atoms with Crippen LogP contribution in [0.4, 0.5) is 0 Å². The summed E-state index contributed by atoms with van der Waals surface area (Å²) in [7, 11) is 0. The molecule has 1 heterocycles. The van der Waals surface area contributed by atoms with Gasteiger partial charge in [-0.1, -0.05) is 19.1 Å². The molecule has 1 aliphatic heterocycles. The maximum Gasteiger partial charge on any atom is 0.119 e. The van der Waals surface area contributed by atoms with E-state index in [1.165, 1.54) is 38.0 Å². The summed E-state index contributed by atoms with van der Waals surface area (Å²) in [5.41, 5.74) is 7.26. The van der Waals surface area contributed by atoms with E-state index in [2.05, 4.69) is 36.1 Å². The molecule has 20 heavy (non-hydrogen) atoms. The van der Waals surface area contributed by atoms with Gasteiger partial charge in [0.05, 0.1) is 6.61 Å². The molecule has 112 valence electrons. The van der Waals surface area contributed by atoms with Gasteiger partial charge in [0.15, 0.2) is 0 Å². The minimum Gasteiger partial charge on any atom is -0.494 e. The van der Waals surface area contributed by atoms with E-state index in [0.717, 1.165) is 31.6 Å². The summed E-state index contributed by atoms with van der Waals surface area (Å²) < 4.78 is 5.79. The molecular weight excluding hydrogens is 248 g/mol. The van der Waals surface area contributed by atoms with Crippen molar-refractivity contribution in [1.29, 1.82) is 0 Å². The van der Waals surface area contributed by atoms with Gasteiger partial charge in [-0.15, -0.1) is 0 Å². The smallest absolute Gasteiger partial charge is 0.119 e. The maximum atomic E-state index is 5.97. The van der Waals surface area contributed by atoms with Crippen molar-refractivity contribution in [2.75, 3.05) is 26.2 Å². The van der Waals surface area contributed by atoms with Crippen LogP contribution in [0.2, 0.25) is 0 Å². The van der Waals surface area contributed by atoms with E-state index in [4.69, 9.17) is 10.5 Å². The Kier molecular flexibility index (Phi) is 6.34. The second-order valence-corrected chi connectivity index (χ2v) is 5.77. The predicted octanol–water partition coefficient (Wildman–Crippen LogP) is 2.83. The molecule has 1 aliphatic rings. The lowest BCUT2D eigenvalue weighted by molar-refractivity contribution is 0.263. The molecule has 0 saturated carbocycles. The zero-order valence-electron chi connectivity index (χ0n) is 12.7. The third kappa shape index (κ3) is 5.14. The molecule has 0 aromatic heterocycles. The Hall–Kier alpha value is -1.06. The van der Waals surface area contributed by atoms with Crippen molar-refractivity contribution < 1.29 is 4.74 Å². The normalized spacial score (nSPS) is 17.3. The summed E-state index contributed by atoms with van der Waals surface area (Å²) in [4.78, 5) is 2.53. The summed E-state index contributed by atoms with van der Waals surface area (Å²) >= 11 is 0. The van der Waals surface area contributed by atoms with Crippen molar-refractivity contribution >= 4 is 0 Å². The summed E-state index contributed by atoms with van der Waals surface area (Å²) in [5.74, 6) is 0.972. The first-order chi connectivity index (χ1) is 9.78. The highest BCUT2D eigenvalue weighted by molar-refractivity contribution is 5.27. The van der Waals surface area contributed by atoms with Crippen LogP contribution in [-0.2, 0) is 6.42 Å². The fourth-order valence-corrected chi connectivity index (χ4v) is 2.65. The van der Waals surface area contributed by atoms with Gasteiger partial charge >= 0.3 is 0 Å². The molecule has 3 heteroatoms. The first-order valence-corrected chi connectivity index (χ1v) is 7.97. The van der Waals surface area contributed by atoms with Gasteiger partial charge in [0.25, 0.3) is 0 Å². The second-order valence-electron chi connectivity index (χ2n) is 5.77. The fourth-order valence-electron chi connectivity index (χ4n) is 2.65. The van der Waals surface area contributed by atoms with Crippen molar-refractivity contribution in [2.45, 2.75) is 45.1 Å². The number of hydrogen-bond acceptors (Lipinski definition) is 3. The first-order valence-electron chi connectivity index (χ1n) is 7.97. The monoisotopic (exact) mass is 276 g/mol. The van der Waals surface area contributed by atoms with Gasteiger partial charge in [-0.3, -0.25) is 0 Å². The van der Waals surface area contributed by atoms with E-state index in [1.807, 2.05) is 0 Å². The number of hydrogen-bond donors (Lipinski definition) is 1. The lowest BCUT2D eigenvalue weighted by atomic mass is 10.0. The molecule has 3 nitrogen and oxygen atoms in total. The van der Waals surface area contributed by atoms with Crippen molar-refractivity contribution in [2.24, 2.45) is 5.73 Å². The van der Waals surface area contributed by atoms with E-state index in [9.17, 15) is 0 Å². The Bertz CT molecular complexity index is 371. The number of nitrogens with two attached hydrogens (primary N) is 1. The van der Waals surface area contributed by atoms with E-state index < -0.39 is 0 Å². The molecule has 0 spiro atoms. The average molecular weight is 276 g/mol. The standard InChI is InChI=1S/C17H28N2O/c1-2-16(18)14-15-6-8-17(9-7-15)20-13-5-12-19-10-3-4-11-19/h6-9,16H,2-5,10-14,18H2,1H3. The molecule has 2 rings (SSSR count). The molecule has 0 bridgehead atoms. The first kappa shape index (κ1) is 15.3. The zero-order valence-corrected chi connectivity index (χ0v) is 12.7. The van der Waals surface area contributed by atoms with Crippen molar-refractivity contribution in [3.8, 4) is 5.75 Å². The van der Waals surface area contributed by atoms with Crippen LogP contribution in [0.25, 0.3) is 0 Å². The van der Waals surface area contributed by atoms with E-state index in [-0.39, 0.29) is 6.04 Å². The third-order valence-electron chi connectivity index (χ3n) is 4.03. The summed E-state index contributed by atoms with van der Waals surface area (Å²) in [6.07, 6.45) is 5.81. The van der Waals surface area contributed by atoms with Crippen LogP contribution in [0.1, 0.15) is 38.2 Å². The summed E-state index contributed by atoms with van der Waals surface area (Å²) in [6.45, 7) is 6.65. The number of benzene rings is 1. The molecule has 1 aromatic rings. The minimum atomic E-state index is 0.266. The van der Waals surface area contributed by atoms with E-state index in [1.54, 1.807) is 0 Å². The highest BCUT2D eigenvalue weighted by Crippen LogP contribution is 2.14. The highest BCUT2D eigenvalue weighted by atomic mass is 16.5. The third-order valence-corrected chi connectivity index (χ3v) is 4.03. The lowest BCUT2D eigenvalue weighted by Crippen LogP contribution is -2.22. The molecule has 2 N–H and O–H groups in total. The van der Waals surface area contributed by atoms with Gasteiger partial charge in [-0.25, -0.2) is 0 Å². The number of nitrogens with zero attached hydrogens (tertiary/aromatic N) is 1. The average Bonchev–Trinajstić information content (AvgIpc) is 2.98. The lowest BCUT2D eigenvalue weighted by Gasteiger charge is -2.14. The Morgan fingerprint density at radius 2 is 1.90 bits per heavy atom. The molecule has 1 aromatic carbocycles. The Labute approximate surface area is 123 Å². The van der Waals surface area contributed by atoms with E-state index >= 15 is 0 Å². The summed E-state index contributed by atoms with van der Waals surface area (Å²) in [5, 5.41) is 0. The summed E-state index contributed by atoms with van der Waals surface area (Å²) in [6, 6.07) is 8.65. The van der Waals surface area contributed by atoms with Crippen molar-refractivity contribution in [1.82, 2.24) is 4.90 Å². The molecule has 0 amide bonds. The van der Waals surface area contributed by atoms with Gasteiger partial charge < -0.3 is 15.4 Å². The van der Waals surface area contributed by atoms with Gasteiger partial charge in [-0.05, 0) is 62.9 Å². The number of rotatable bonds is 8. The molecular formula is C17H28N2O. The van der Waals surface area contributed by atoms with Crippen LogP contribution >= 0.6 is 0 Å². The van der Waals surface area contributed by atoms with Gasteiger partial charge in [-0.2, -0.15) is 0 Å². The van der Waals surface area contributed by atoms with Crippen LogP contribution in [0, 0.1) is 0 Å². The molecule has 1 atom stereocenters. The van der Waals surface area contributed by atoms with Gasteiger partial charge in [0.2, 0.25) is 0 Å². The van der Waals surface area contributed by atoms with Crippen LogP contribution in [-0.4, -0.2) is 37.2 Å². The maximum absolute atomic E-state index is 5.97. The second kappa shape index (κ2) is 8.28. The Morgan fingerprint density at radius 3 is 2.55 bits per heavy atom. The van der Waals surface area contributed by atoms with Crippen molar-refractivity contribution in [3.05, 3.63) is 29.8 Å². The SMILES string of the molecule is CCC(N)Cc1ccc(OCCCN2CCCC2)cc1. The Balaban J connectivity index is 1.65. The highest BCUT2D eigenvalue weighted by Gasteiger charge is 2.10.